The Hall–Kier alpha value is -1.31. The number of unbranched alkanes of at least 4 members (excludes halogenated alkanes) is 1. The summed E-state index contributed by atoms with van der Waals surface area (Å²) in [6.45, 7) is 8.20. The van der Waals surface area contributed by atoms with Crippen LogP contribution in [-0.4, -0.2) is 12.1 Å². The van der Waals surface area contributed by atoms with Crippen molar-refractivity contribution in [2.45, 2.75) is 53.1 Å². The lowest BCUT2D eigenvalue weighted by Gasteiger charge is -2.16. The number of ether oxygens (including phenoxy) is 1. The van der Waals surface area contributed by atoms with Crippen LogP contribution in [0.3, 0.4) is 0 Å². The fourth-order valence-corrected chi connectivity index (χ4v) is 1.56. The van der Waals surface area contributed by atoms with Gasteiger partial charge in [0.2, 0.25) is 0 Å². The Morgan fingerprint density at radius 1 is 1.17 bits per heavy atom. The summed E-state index contributed by atoms with van der Waals surface area (Å²) in [7, 11) is 0. The zero-order valence-corrected chi connectivity index (χ0v) is 11.9. The molecule has 0 aliphatic rings. The summed E-state index contributed by atoms with van der Waals surface area (Å²) in [5, 5.41) is 0. The SMILES string of the molecule is CCCCc1ccc(C(=O)OC(C)C(C)C)cc1. The van der Waals surface area contributed by atoms with E-state index < -0.39 is 0 Å². The fourth-order valence-electron chi connectivity index (χ4n) is 1.56. The van der Waals surface area contributed by atoms with Crippen molar-refractivity contribution in [1.82, 2.24) is 0 Å². The molecule has 0 aromatic heterocycles. The lowest BCUT2D eigenvalue weighted by molar-refractivity contribution is 0.0238. The molecule has 0 fully saturated rings. The smallest absolute Gasteiger partial charge is 0.338 e. The van der Waals surface area contributed by atoms with Crippen LogP contribution in [0.2, 0.25) is 0 Å². The van der Waals surface area contributed by atoms with Gasteiger partial charge in [-0.05, 0) is 43.4 Å². The number of carbonyl (C=O) groups is 1. The van der Waals surface area contributed by atoms with Crippen LogP contribution in [0, 0.1) is 5.92 Å². The minimum atomic E-state index is -0.224. The minimum Gasteiger partial charge on any atom is -0.459 e. The lowest BCUT2D eigenvalue weighted by Crippen LogP contribution is -2.20. The predicted molar refractivity (Wildman–Crippen MR) is 74.8 cm³/mol. The van der Waals surface area contributed by atoms with E-state index in [4.69, 9.17) is 4.74 Å². The molecule has 0 bridgehead atoms. The monoisotopic (exact) mass is 248 g/mol. The van der Waals surface area contributed by atoms with Crippen molar-refractivity contribution >= 4 is 5.97 Å². The Morgan fingerprint density at radius 3 is 2.28 bits per heavy atom. The van der Waals surface area contributed by atoms with Crippen LogP contribution in [0.5, 0.6) is 0 Å². The van der Waals surface area contributed by atoms with Gasteiger partial charge in [-0.3, -0.25) is 0 Å². The molecule has 1 aromatic rings. The van der Waals surface area contributed by atoms with E-state index in [1.165, 1.54) is 18.4 Å². The standard InChI is InChI=1S/C16H24O2/c1-5-6-7-14-8-10-15(11-9-14)16(17)18-13(4)12(2)3/h8-13H,5-7H2,1-4H3. The maximum atomic E-state index is 11.9. The molecule has 0 saturated carbocycles. The highest BCUT2D eigenvalue weighted by Gasteiger charge is 2.14. The van der Waals surface area contributed by atoms with Gasteiger partial charge in [0.1, 0.15) is 6.10 Å². The van der Waals surface area contributed by atoms with Crippen LogP contribution in [0.1, 0.15) is 56.5 Å². The highest BCUT2D eigenvalue weighted by atomic mass is 16.5. The van der Waals surface area contributed by atoms with Crippen LogP contribution in [0.4, 0.5) is 0 Å². The van der Waals surface area contributed by atoms with Gasteiger partial charge in [-0.15, -0.1) is 0 Å². The number of benzene rings is 1. The average molecular weight is 248 g/mol. The maximum Gasteiger partial charge on any atom is 0.338 e. The molecule has 0 radical (unpaired) electrons. The molecular formula is C16H24O2. The molecule has 0 spiro atoms. The largest absolute Gasteiger partial charge is 0.459 e. The van der Waals surface area contributed by atoms with Gasteiger partial charge in [-0.1, -0.05) is 39.3 Å². The zero-order chi connectivity index (χ0) is 13.5. The molecule has 0 N–H and O–H groups in total. The molecule has 0 aliphatic carbocycles. The van der Waals surface area contributed by atoms with Crippen LogP contribution in [-0.2, 0) is 11.2 Å². The lowest BCUT2D eigenvalue weighted by atomic mass is 10.1. The second-order valence-corrected chi connectivity index (χ2v) is 5.15. The van der Waals surface area contributed by atoms with Crippen molar-refractivity contribution in [3.63, 3.8) is 0 Å². The molecule has 1 unspecified atom stereocenters. The topological polar surface area (TPSA) is 26.3 Å². The third-order valence-electron chi connectivity index (χ3n) is 3.24. The van der Waals surface area contributed by atoms with Crippen molar-refractivity contribution in [2.24, 2.45) is 5.92 Å². The molecule has 0 aliphatic heterocycles. The molecule has 2 heteroatoms. The number of carbonyl (C=O) groups excluding carboxylic acids is 1. The summed E-state index contributed by atoms with van der Waals surface area (Å²) in [6, 6.07) is 7.76. The Kier molecular flexibility index (Phi) is 5.90. The van der Waals surface area contributed by atoms with E-state index in [9.17, 15) is 4.79 Å². The van der Waals surface area contributed by atoms with E-state index in [-0.39, 0.29) is 12.1 Å². The first kappa shape index (κ1) is 14.7. The Bertz CT molecular complexity index is 365. The molecule has 2 nitrogen and oxygen atoms in total. The summed E-state index contributed by atoms with van der Waals surface area (Å²) in [5.41, 5.74) is 1.92. The van der Waals surface area contributed by atoms with E-state index in [2.05, 4.69) is 6.92 Å². The molecule has 0 heterocycles. The van der Waals surface area contributed by atoms with E-state index in [0.29, 0.717) is 11.5 Å². The van der Waals surface area contributed by atoms with Gasteiger partial charge in [0.15, 0.2) is 0 Å². The molecule has 1 rings (SSSR count). The average Bonchev–Trinajstić information content (AvgIpc) is 2.36. The minimum absolute atomic E-state index is 0.0442. The maximum absolute atomic E-state index is 11.9. The van der Waals surface area contributed by atoms with Crippen molar-refractivity contribution in [2.75, 3.05) is 0 Å². The number of rotatable bonds is 6. The van der Waals surface area contributed by atoms with Gasteiger partial charge in [0.05, 0.1) is 5.56 Å². The second kappa shape index (κ2) is 7.20. The molecule has 1 aromatic carbocycles. The normalized spacial score (nSPS) is 12.5. The summed E-state index contributed by atoms with van der Waals surface area (Å²) in [5.74, 6) is 0.121. The number of hydrogen-bond acceptors (Lipinski definition) is 2. The number of hydrogen-bond donors (Lipinski definition) is 0. The van der Waals surface area contributed by atoms with Gasteiger partial charge in [0.25, 0.3) is 0 Å². The third kappa shape index (κ3) is 4.52. The summed E-state index contributed by atoms with van der Waals surface area (Å²) in [4.78, 5) is 11.9. The van der Waals surface area contributed by atoms with Crippen molar-refractivity contribution in [1.29, 1.82) is 0 Å². The van der Waals surface area contributed by atoms with Crippen molar-refractivity contribution in [3.05, 3.63) is 35.4 Å². The number of esters is 1. The van der Waals surface area contributed by atoms with Gasteiger partial charge >= 0.3 is 5.97 Å². The molecule has 18 heavy (non-hydrogen) atoms. The quantitative estimate of drug-likeness (QED) is 0.704. The van der Waals surface area contributed by atoms with Crippen LogP contribution in [0.15, 0.2) is 24.3 Å². The first-order valence-corrected chi connectivity index (χ1v) is 6.84. The van der Waals surface area contributed by atoms with Gasteiger partial charge in [-0.25, -0.2) is 4.79 Å². The Morgan fingerprint density at radius 2 is 1.78 bits per heavy atom. The first-order valence-electron chi connectivity index (χ1n) is 6.84. The molecule has 0 amide bonds. The summed E-state index contributed by atoms with van der Waals surface area (Å²) in [6.07, 6.45) is 3.41. The van der Waals surface area contributed by atoms with E-state index in [1.54, 1.807) is 0 Å². The highest BCUT2D eigenvalue weighted by molar-refractivity contribution is 5.89. The molecular weight excluding hydrogens is 224 g/mol. The first-order chi connectivity index (χ1) is 8.54. The van der Waals surface area contributed by atoms with Gasteiger partial charge in [0, 0.05) is 0 Å². The van der Waals surface area contributed by atoms with Gasteiger partial charge in [-0.2, -0.15) is 0 Å². The van der Waals surface area contributed by atoms with E-state index in [0.717, 1.165) is 6.42 Å². The molecule has 0 saturated heterocycles. The van der Waals surface area contributed by atoms with Crippen molar-refractivity contribution < 1.29 is 9.53 Å². The highest BCUT2D eigenvalue weighted by Crippen LogP contribution is 2.12. The Balaban J connectivity index is 2.59. The molecule has 1 atom stereocenters. The van der Waals surface area contributed by atoms with Crippen LogP contribution in [0.25, 0.3) is 0 Å². The second-order valence-electron chi connectivity index (χ2n) is 5.15. The van der Waals surface area contributed by atoms with E-state index in [1.807, 2.05) is 45.0 Å². The Labute approximate surface area is 110 Å². The van der Waals surface area contributed by atoms with E-state index >= 15 is 0 Å². The number of aryl methyl sites for hydroxylation is 1. The predicted octanol–water partition coefficient (Wildman–Crippen LogP) is 4.23. The van der Waals surface area contributed by atoms with Crippen LogP contribution >= 0.6 is 0 Å². The fraction of sp³-hybridized carbons (Fsp3) is 0.562. The summed E-state index contributed by atoms with van der Waals surface area (Å²) < 4.78 is 5.38. The van der Waals surface area contributed by atoms with Gasteiger partial charge < -0.3 is 4.74 Å². The zero-order valence-electron chi connectivity index (χ0n) is 11.9. The van der Waals surface area contributed by atoms with Crippen molar-refractivity contribution in [3.8, 4) is 0 Å². The molecule has 100 valence electrons. The summed E-state index contributed by atoms with van der Waals surface area (Å²) >= 11 is 0. The third-order valence-corrected chi connectivity index (χ3v) is 3.24. The van der Waals surface area contributed by atoms with Crippen LogP contribution < -0.4 is 0 Å².